The quantitative estimate of drug-likeness (QED) is 0.370. The third-order valence-corrected chi connectivity index (χ3v) is 5.59. The average Bonchev–Trinajstić information content (AvgIpc) is 2.84. The summed E-state index contributed by atoms with van der Waals surface area (Å²) in [5.41, 5.74) is 2.76. The number of amides is 2. The van der Waals surface area contributed by atoms with Gasteiger partial charge < -0.3 is 15.4 Å². The molecule has 0 saturated heterocycles. The summed E-state index contributed by atoms with van der Waals surface area (Å²) in [7, 11) is 0. The topological polar surface area (TPSA) is 67.4 Å². The van der Waals surface area contributed by atoms with Crippen molar-refractivity contribution in [2.75, 3.05) is 11.9 Å². The van der Waals surface area contributed by atoms with Gasteiger partial charge in [0.05, 0.1) is 11.6 Å². The van der Waals surface area contributed by atoms with E-state index in [1.807, 2.05) is 62.4 Å². The number of rotatable bonds is 7. The van der Waals surface area contributed by atoms with Gasteiger partial charge in [-0.25, -0.2) is 4.39 Å². The lowest BCUT2D eigenvalue weighted by atomic mass is 10.0. The van der Waals surface area contributed by atoms with E-state index in [0.29, 0.717) is 17.0 Å². The van der Waals surface area contributed by atoms with E-state index in [1.165, 1.54) is 12.1 Å². The molecule has 5 nitrogen and oxygen atoms in total. The predicted molar refractivity (Wildman–Crippen MR) is 132 cm³/mol. The first kappa shape index (κ1) is 23.0. The number of aryl methyl sites for hydroxylation is 1. The van der Waals surface area contributed by atoms with E-state index in [1.54, 1.807) is 24.3 Å². The first-order valence-electron chi connectivity index (χ1n) is 11.0. The number of para-hydroxylation sites is 1. The molecule has 0 heterocycles. The molecule has 172 valence electrons. The van der Waals surface area contributed by atoms with Crippen LogP contribution in [0.2, 0.25) is 0 Å². The summed E-state index contributed by atoms with van der Waals surface area (Å²) >= 11 is 0. The third kappa shape index (κ3) is 5.41. The number of benzene rings is 4. The Morgan fingerprint density at radius 1 is 0.912 bits per heavy atom. The molecule has 4 aromatic carbocycles. The van der Waals surface area contributed by atoms with Gasteiger partial charge in [-0.3, -0.25) is 9.59 Å². The summed E-state index contributed by atoms with van der Waals surface area (Å²) in [4.78, 5) is 25.7. The summed E-state index contributed by atoms with van der Waals surface area (Å²) in [6.45, 7) is 3.46. The SMILES string of the molecule is Cc1ccccc1NC(=O)c1cc2ccccc2cc1OCC(=O)NC(C)c1ccc(F)cc1. The fourth-order valence-corrected chi connectivity index (χ4v) is 3.68. The van der Waals surface area contributed by atoms with Crippen molar-refractivity contribution in [3.63, 3.8) is 0 Å². The zero-order valence-electron chi connectivity index (χ0n) is 19.0. The van der Waals surface area contributed by atoms with E-state index in [9.17, 15) is 14.0 Å². The number of carbonyl (C=O) groups excluding carboxylic acids is 2. The summed E-state index contributed by atoms with van der Waals surface area (Å²) in [5, 5.41) is 7.54. The number of fused-ring (bicyclic) bond motifs is 1. The number of anilines is 1. The fraction of sp³-hybridized carbons (Fsp3) is 0.143. The maximum Gasteiger partial charge on any atom is 0.259 e. The van der Waals surface area contributed by atoms with Crippen molar-refractivity contribution >= 4 is 28.3 Å². The van der Waals surface area contributed by atoms with Crippen molar-refractivity contribution in [1.29, 1.82) is 0 Å². The molecule has 0 spiro atoms. The first-order chi connectivity index (χ1) is 16.4. The van der Waals surface area contributed by atoms with E-state index in [0.717, 1.165) is 21.9 Å². The van der Waals surface area contributed by atoms with Crippen LogP contribution in [-0.4, -0.2) is 18.4 Å². The molecular weight excluding hydrogens is 431 g/mol. The van der Waals surface area contributed by atoms with Crippen molar-refractivity contribution in [3.05, 3.63) is 107 Å². The van der Waals surface area contributed by atoms with Crippen LogP contribution in [0.4, 0.5) is 10.1 Å². The van der Waals surface area contributed by atoms with Crippen LogP contribution in [0.25, 0.3) is 10.8 Å². The van der Waals surface area contributed by atoms with Gasteiger partial charge in [-0.1, -0.05) is 54.6 Å². The Morgan fingerprint density at radius 3 is 2.26 bits per heavy atom. The molecule has 0 aromatic heterocycles. The summed E-state index contributed by atoms with van der Waals surface area (Å²) in [6.07, 6.45) is 0. The molecule has 1 unspecified atom stereocenters. The molecule has 0 fully saturated rings. The molecule has 6 heteroatoms. The van der Waals surface area contributed by atoms with Crippen LogP contribution in [-0.2, 0) is 4.79 Å². The summed E-state index contributed by atoms with van der Waals surface area (Å²) in [5.74, 6) is -0.696. The minimum absolute atomic E-state index is 0.269. The monoisotopic (exact) mass is 456 g/mol. The molecule has 0 aliphatic rings. The molecule has 0 radical (unpaired) electrons. The van der Waals surface area contributed by atoms with Gasteiger partial charge in [-0.15, -0.1) is 0 Å². The second-order valence-corrected chi connectivity index (χ2v) is 8.09. The van der Waals surface area contributed by atoms with Crippen molar-refractivity contribution in [3.8, 4) is 5.75 Å². The molecule has 4 rings (SSSR count). The number of nitrogens with one attached hydrogen (secondary N) is 2. The van der Waals surface area contributed by atoms with E-state index >= 15 is 0 Å². The average molecular weight is 457 g/mol. The third-order valence-electron chi connectivity index (χ3n) is 5.59. The Bertz CT molecular complexity index is 1340. The van der Waals surface area contributed by atoms with Gasteiger partial charge in [-0.05, 0) is 66.1 Å². The second-order valence-electron chi connectivity index (χ2n) is 8.09. The van der Waals surface area contributed by atoms with Crippen LogP contribution in [0.3, 0.4) is 0 Å². The van der Waals surface area contributed by atoms with E-state index < -0.39 is 0 Å². The zero-order chi connectivity index (χ0) is 24.1. The van der Waals surface area contributed by atoms with Crippen LogP contribution in [0.1, 0.15) is 34.5 Å². The minimum atomic E-state index is -0.352. The lowest BCUT2D eigenvalue weighted by molar-refractivity contribution is -0.123. The largest absolute Gasteiger partial charge is 0.483 e. The number of carbonyl (C=O) groups is 2. The molecule has 1 atom stereocenters. The molecule has 2 N–H and O–H groups in total. The standard InChI is InChI=1S/C28H25FN2O3/c1-18-7-3-6-10-25(18)31-28(33)24-15-21-8-4-5-9-22(21)16-26(24)34-17-27(32)30-19(2)20-11-13-23(29)14-12-20/h3-16,19H,17H2,1-2H3,(H,30,32)(H,31,33). The highest BCUT2D eigenvalue weighted by Gasteiger charge is 2.17. The number of hydrogen-bond donors (Lipinski definition) is 2. The van der Waals surface area contributed by atoms with E-state index in [4.69, 9.17) is 4.74 Å². The molecule has 0 bridgehead atoms. The van der Waals surface area contributed by atoms with Crippen LogP contribution >= 0.6 is 0 Å². The Morgan fingerprint density at radius 2 is 1.56 bits per heavy atom. The Balaban J connectivity index is 1.52. The Kier molecular flexibility index (Phi) is 6.87. The molecule has 34 heavy (non-hydrogen) atoms. The molecule has 4 aromatic rings. The van der Waals surface area contributed by atoms with E-state index in [2.05, 4.69) is 10.6 Å². The van der Waals surface area contributed by atoms with Crippen molar-refractivity contribution in [1.82, 2.24) is 5.32 Å². The smallest absolute Gasteiger partial charge is 0.259 e. The van der Waals surface area contributed by atoms with Gasteiger partial charge in [0.2, 0.25) is 0 Å². The maximum atomic E-state index is 13.2. The second kappa shape index (κ2) is 10.2. The van der Waals surface area contributed by atoms with Gasteiger partial charge in [-0.2, -0.15) is 0 Å². The maximum absolute atomic E-state index is 13.2. The highest BCUT2D eigenvalue weighted by Crippen LogP contribution is 2.28. The number of ether oxygens (including phenoxy) is 1. The molecular formula is C28H25FN2O3. The Hall–Kier alpha value is -4.19. The predicted octanol–water partition coefficient (Wildman–Crippen LogP) is 5.80. The van der Waals surface area contributed by atoms with Crippen molar-refractivity contribution in [2.24, 2.45) is 0 Å². The highest BCUT2D eigenvalue weighted by atomic mass is 19.1. The van der Waals surface area contributed by atoms with Crippen LogP contribution in [0.5, 0.6) is 5.75 Å². The lowest BCUT2D eigenvalue weighted by Gasteiger charge is -2.16. The van der Waals surface area contributed by atoms with Gasteiger partial charge in [0.15, 0.2) is 6.61 Å². The van der Waals surface area contributed by atoms with Crippen LogP contribution < -0.4 is 15.4 Å². The fourth-order valence-electron chi connectivity index (χ4n) is 3.68. The number of halogens is 1. The summed E-state index contributed by atoms with van der Waals surface area (Å²) in [6, 6.07) is 24.3. The zero-order valence-corrected chi connectivity index (χ0v) is 19.0. The van der Waals surface area contributed by atoms with Crippen molar-refractivity contribution in [2.45, 2.75) is 19.9 Å². The molecule has 0 aliphatic carbocycles. The van der Waals surface area contributed by atoms with Crippen LogP contribution in [0.15, 0.2) is 84.9 Å². The van der Waals surface area contributed by atoms with E-state index in [-0.39, 0.29) is 30.3 Å². The summed E-state index contributed by atoms with van der Waals surface area (Å²) < 4.78 is 19.0. The molecule has 0 aliphatic heterocycles. The lowest BCUT2D eigenvalue weighted by Crippen LogP contribution is -2.31. The van der Waals surface area contributed by atoms with Gasteiger partial charge >= 0.3 is 0 Å². The molecule has 0 saturated carbocycles. The first-order valence-corrected chi connectivity index (χ1v) is 11.0. The molecule has 2 amide bonds. The number of hydrogen-bond acceptors (Lipinski definition) is 3. The van der Waals surface area contributed by atoms with Gasteiger partial charge in [0.1, 0.15) is 11.6 Å². The highest BCUT2D eigenvalue weighted by molar-refractivity contribution is 6.09. The van der Waals surface area contributed by atoms with Crippen LogP contribution in [0, 0.1) is 12.7 Å². The minimum Gasteiger partial charge on any atom is -0.483 e. The normalized spacial score (nSPS) is 11.6. The van der Waals surface area contributed by atoms with Crippen molar-refractivity contribution < 1.29 is 18.7 Å². The Labute approximate surface area is 197 Å². The van der Waals surface area contributed by atoms with Gasteiger partial charge in [0, 0.05) is 5.69 Å². The van der Waals surface area contributed by atoms with Gasteiger partial charge in [0.25, 0.3) is 11.8 Å².